The third-order valence-electron chi connectivity index (χ3n) is 4.30. The molecule has 0 atom stereocenters. The maximum Gasteiger partial charge on any atom is 0.147 e. The molecule has 0 spiro atoms. The molecule has 0 aromatic carbocycles. The average molecular weight is 345 g/mol. The molecule has 122 valence electrons. The molecule has 0 radical (unpaired) electrons. The summed E-state index contributed by atoms with van der Waals surface area (Å²) in [7, 11) is 0. The second kappa shape index (κ2) is 7.79. The highest BCUT2D eigenvalue weighted by atomic mass is 35.5. The molecule has 3 heterocycles. The van der Waals surface area contributed by atoms with Crippen molar-refractivity contribution < 1.29 is 4.74 Å². The van der Waals surface area contributed by atoms with Crippen LogP contribution >= 0.6 is 23.2 Å². The first-order valence-corrected chi connectivity index (χ1v) is 8.56. The van der Waals surface area contributed by atoms with Crippen molar-refractivity contribution in [3.05, 3.63) is 22.3 Å². The molecule has 1 aromatic rings. The Bertz CT molecular complexity index is 488. The van der Waals surface area contributed by atoms with Crippen LogP contribution in [0.4, 0.5) is 5.82 Å². The highest BCUT2D eigenvalue weighted by Crippen LogP contribution is 2.26. The highest BCUT2D eigenvalue weighted by Gasteiger charge is 2.20. The first-order valence-electron chi connectivity index (χ1n) is 7.81. The molecule has 0 amide bonds. The Labute approximate surface area is 141 Å². The van der Waals surface area contributed by atoms with Gasteiger partial charge >= 0.3 is 0 Å². The SMILES string of the molecule is Clc1cnc(N2CCN(CCN3CCOCC3)CC2)c(Cl)c1. The molecular weight excluding hydrogens is 323 g/mol. The number of halogens is 2. The molecule has 2 fully saturated rings. The standard InChI is InChI=1S/C15H22Cl2N4O/c16-13-11-14(17)15(18-12-13)21-5-3-19(4-6-21)1-2-20-7-9-22-10-8-20/h11-12H,1-10H2. The smallest absolute Gasteiger partial charge is 0.147 e. The first kappa shape index (κ1) is 16.3. The van der Waals surface area contributed by atoms with E-state index in [1.54, 1.807) is 12.3 Å². The van der Waals surface area contributed by atoms with Gasteiger partial charge in [-0.05, 0) is 6.07 Å². The summed E-state index contributed by atoms with van der Waals surface area (Å²) in [6, 6.07) is 1.76. The Morgan fingerprint density at radius 3 is 2.23 bits per heavy atom. The van der Waals surface area contributed by atoms with Crippen molar-refractivity contribution in [2.75, 3.05) is 70.5 Å². The fourth-order valence-electron chi connectivity index (χ4n) is 2.93. The fraction of sp³-hybridized carbons (Fsp3) is 0.667. The van der Waals surface area contributed by atoms with Crippen LogP contribution in [0.2, 0.25) is 10.0 Å². The van der Waals surface area contributed by atoms with Gasteiger partial charge < -0.3 is 9.64 Å². The van der Waals surface area contributed by atoms with Crippen LogP contribution in [0, 0.1) is 0 Å². The Hall–Kier alpha value is -0.590. The third kappa shape index (κ3) is 4.24. The van der Waals surface area contributed by atoms with Gasteiger partial charge in [-0.2, -0.15) is 0 Å². The van der Waals surface area contributed by atoms with Crippen molar-refractivity contribution in [3.8, 4) is 0 Å². The molecule has 2 aliphatic rings. The summed E-state index contributed by atoms with van der Waals surface area (Å²) in [5.74, 6) is 0.846. The largest absolute Gasteiger partial charge is 0.379 e. The maximum atomic E-state index is 6.24. The number of anilines is 1. The van der Waals surface area contributed by atoms with Crippen LogP contribution in [0.25, 0.3) is 0 Å². The molecule has 5 nitrogen and oxygen atoms in total. The minimum atomic E-state index is 0.581. The average Bonchev–Trinajstić information content (AvgIpc) is 2.55. The molecule has 3 rings (SSSR count). The van der Waals surface area contributed by atoms with Crippen molar-refractivity contribution in [3.63, 3.8) is 0 Å². The van der Waals surface area contributed by atoms with E-state index in [0.717, 1.165) is 71.4 Å². The van der Waals surface area contributed by atoms with Crippen molar-refractivity contribution in [2.24, 2.45) is 0 Å². The van der Waals surface area contributed by atoms with E-state index in [1.807, 2.05) is 0 Å². The topological polar surface area (TPSA) is 31.8 Å². The van der Waals surface area contributed by atoms with Gasteiger partial charge in [-0.25, -0.2) is 4.98 Å². The van der Waals surface area contributed by atoms with Crippen molar-refractivity contribution >= 4 is 29.0 Å². The summed E-state index contributed by atoms with van der Waals surface area (Å²) in [5, 5.41) is 1.21. The molecule has 2 saturated heterocycles. The van der Waals surface area contributed by atoms with Crippen LogP contribution in [0.3, 0.4) is 0 Å². The second-order valence-corrected chi connectivity index (χ2v) is 6.59. The zero-order chi connectivity index (χ0) is 15.4. The van der Waals surface area contributed by atoms with Crippen LogP contribution < -0.4 is 4.90 Å². The Balaban J connectivity index is 1.45. The van der Waals surface area contributed by atoms with Gasteiger partial charge in [0.05, 0.1) is 23.3 Å². The number of ether oxygens (including phenoxy) is 1. The summed E-state index contributed by atoms with van der Waals surface area (Å²) in [4.78, 5) is 11.6. The summed E-state index contributed by atoms with van der Waals surface area (Å²) in [6.07, 6.45) is 1.66. The second-order valence-electron chi connectivity index (χ2n) is 5.74. The van der Waals surface area contributed by atoms with E-state index < -0.39 is 0 Å². The van der Waals surface area contributed by atoms with Gasteiger partial charge in [-0.15, -0.1) is 0 Å². The van der Waals surface area contributed by atoms with Gasteiger partial charge in [0.2, 0.25) is 0 Å². The lowest BCUT2D eigenvalue weighted by atomic mass is 10.3. The van der Waals surface area contributed by atoms with E-state index in [4.69, 9.17) is 27.9 Å². The van der Waals surface area contributed by atoms with Crippen LogP contribution in [0.5, 0.6) is 0 Å². The lowest BCUT2D eigenvalue weighted by Gasteiger charge is -2.37. The molecule has 0 bridgehead atoms. The quantitative estimate of drug-likeness (QED) is 0.832. The number of rotatable bonds is 4. The minimum Gasteiger partial charge on any atom is -0.379 e. The van der Waals surface area contributed by atoms with Crippen LogP contribution in [0.15, 0.2) is 12.3 Å². The summed E-state index contributed by atoms with van der Waals surface area (Å²) >= 11 is 12.1. The van der Waals surface area contributed by atoms with Crippen LogP contribution in [0.1, 0.15) is 0 Å². The Morgan fingerprint density at radius 1 is 0.955 bits per heavy atom. The summed E-state index contributed by atoms with van der Waals surface area (Å²) in [6.45, 7) is 10.1. The van der Waals surface area contributed by atoms with E-state index in [1.165, 1.54) is 0 Å². The number of aromatic nitrogens is 1. The molecule has 1 aromatic heterocycles. The van der Waals surface area contributed by atoms with E-state index >= 15 is 0 Å². The minimum absolute atomic E-state index is 0.581. The monoisotopic (exact) mass is 344 g/mol. The predicted molar refractivity (Wildman–Crippen MR) is 90.2 cm³/mol. The number of pyridine rings is 1. The van der Waals surface area contributed by atoms with Gasteiger partial charge in [0, 0.05) is 58.6 Å². The molecule has 2 aliphatic heterocycles. The van der Waals surface area contributed by atoms with Crippen LogP contribution in [-0.4, -0.2) is 80.4 Å². The highest BCUT2D eigenvalue weighted by molar-refractivity contribution is 6.36. The van der Waals surface area contributed by atoms with Gasteiger partial charge in [0.1, 0.15) is 5.82 Å². The lowest BCUT2D eigenvalue weighted by Crippen LogP contribution is -2.49. The van der Waals surface area contributed by atoms with E-state index in [-0.39, 0.29) is 0 Å². The zero-order valence-corrected chi connectivity index (χ0v) is 14.2. The van der Waals surface area contributed by atoms with Gasteiger partial charge in [0.25, 0.3) is 0 Å². The van der Waals surface area contributed by atoms with Gasteiger partial charge in [-0.3, -0.25) is 9.80 Å². The summed E-state index contributed by atoms with van der Waals surface area (Å²) in [5.41, 5.74) is 0. The normalized spacial score (nSPS) is 21.3. The van der Waals surface area contributed by atoms with Gasteiger partial charge in [-0.1, -0.05) is 23.2 Å². The first-order chi connectivity index (χ1) is 10.7. The fourth-order valence-corrected chi connectivity index (χ4v) is 3.43. The summed E-state index contributed by atoms with van der Waals surface area (Å²) < 4.78 is 5.38. The predicted octanol–water partition coefficient (Wildman–Crippen LogP) is 1.84. The molecular formula is C15H22Cl2N4O. The van der Waals surface area contributed by atoms with Crippen LogP contribution in [-0.2, 0) is 4.74 Å². The Morgan fingerprint density at radius 2 is 1.59 bits per heavy atom. The Kier molecular flexibility index (Phi) is 5.77. The lowest BCUT2D eigenvalue weighted by molar-refractivity contribution is 0.0331. The number of morpholine rings is 1. The van der Waals surface area contributed by atoms with Crippen molar-refractivity contribution in [2.45, 2.75) is 0 Å². The van der Waals surface area contributed by atoms with E-state index in [0.29, 0.717) is 10.0 Å². The molecule has 0 N–H and O–H groups in total. The number of hydrogen-bond donors (Lipinski definition) is 0. The van der Waals surface area contributed by atoms with E-state index in [9.17, 15) is 0 Å². The molecule has 0 saturated carbocycles. The third-order valence-corrected chi connectivity index (χ3v) is 4.78. The molecule has 0 unspecified atom stereocenters. The zero-order valence-electron chi connectivity index (χ0n) is 12.7. The van der Waals surface area contributed by atoms with Crippen molar-refractivity contribution in [1.82, 2.24) is 14.8 Å². The van der Waals surface area contributed by atoms with Crippen molar-refractivity contribution in [1.29, 1.82) is 0 Å². The molecule has 0 aliphatic carbocycles. The number of hydrogen-bond acceptors (Lipinski definition) is 5. The maximum absolute atomic E-state index is 6.24. The molecule has 22 heavy (non-hydrogen) atoms. The van der Waals surface area contributed by atoms with E-state index in [2.05, 4.69) is 19.7 Å². The number of nitrogens with zero attached hydrogens (tertiary/aromatic N) is 4. The molecule has 7 heteroatoms. The van der Waals surface area contributed by atoms with Gasteiger partial charge in [0.15, 0.2) is 0 Å². The number of piperazine rings is 1.